The average molecular weight is 1060 g/mol. The topological polar surface area (TPSA) is 12.9 Å². The van der Waals surface area contributed by atoms with Crippen LogP contribution >= 0.6 is 0 Å². The minimum atomic E-state index is -0.297. The van der Waals surface area contributed by atoms with Crippen LogP contribution in [0.4, 0.5) is 0 Å². The number of aromatic nitrogens is 1. The lowest BCUT2D eigenvalue weighted by Crippen LogP contribution is -2.28. The summed E-state index contributed by atoms with van der Waals surface area (Å²) in [6.45, 7) is 15.1. The van der Waals surface area contributed by atoms with Gasteiger partial charge in [-0.1, -0.05) is 292 Å². The highest BCUT2D eigenvalue weighted by atomic mass is 14.6. The van der Waals surface area contributed by atoms with Crippen LogP contribution in [0.25, 0.3) is 57.0 Å². The van der Waals surface area contributed by atoms with Crippen LogP contribution in [0, 0.1) is 35.5 Å². The summed E-state index contributed by atoms with van der Waals surface area (Å²) < 4.78 is 0. The van der Waals surface area contributed by atoms with Gasteiger partial charge in [0.15, 0.2) is 0 Å². The molecule has 0 radical (unpaired) electrons. The molecule has 0 fully saturated rings. The quantitative estimate of drug-likeness (QED) is 0.151. The molecule has 0 saturated carbocycles. The Morgan fingerprint density at radius 2 is 0.723 bits per heavy atom. The zero-order valence-corrected chi connectivity index (χ0v) is 46.2. The largest absolute Gasteiger partial charge is 0.263 e. The fourth-order valence-electron chi connectivity index (χ4n) is 10.2. The summed E-state index contributed by atoms with van der Waals surface area (Å²) in [5, 5.41) is 4.89. The summed E-state index contributed by atoms with van der Waals surface area (Å²) >= 11 is 0. The van der Waals surface area contributed by atoms with E-state index in [1.807, 2.05) is 133 Å². The fourth-order valence-corrected chi connectivity index (χ4v) is 10.2. The summed E-state index contributed by atoms with van der Waals surface area (Å²) in [6.07, 6.45) is 10.9. The number of rotatable bonds is 6. The molecule has 1 heteroatoms. The van der Waals surface area contributed by atoms with E-state index in [9.17, 15) is 0 Å². The van der Waals surface area contributed by atoms with Gasteiger partial charge in [0.05, 0.1) is 5.41 Å². The Labute approximate surface area is 489 Å². The maximum absolute atomic E-state index is 4.01. The first kappa shape index (κ1) is 55.1. The van der Waals surface area contributed by atoms with E-state index in [-0.39, 0.29) is 5.41 Å². The minimum absolute atomic E-state index is 0.297. The molecule has 1 aliphatic rings. The zero-order valence-electron chi connectivity index (χ0n) is 46.2. The lowest BCUT2D eigenvalue weighted by molar-refractivity contribution is 0.768. The molecule has 0 spiro atoms. The molecule has 12 aromatic rings. The molecule has 13 rings (SSSR count). The predicted molar refractivity (Wildman–Crippen MR) is 354 cm³/mol. The molecule has 11 aromatic carbocycles. The Bertz CT molecular complexity index is 4360. The Morgan fingerprint density at radius 1 is 0.301 bits per heavy atom. The highest BCUT2D eigenvalue weighted by molar-refractivity contribution is 5.89. The number of hydrogen-bond donors (Lipinski definition) is 0. The number of nitrogens with zero attached hydrogens (tertiary/aromatic N) is 1. The molecule has 0 atom stereocenters. The predicted octanol–water partition coefficient (Wildman–Crippen LogP) is 19.6. The van der Waals surface area contributed by atoms with Gasteiger partial charge in [0.1, 0.15) is 0 Å². The Balaban J connectivity index is 0.000000126. The smallest absolute Gasteiger partial charge is 0.0713 e. The van der Waals surface area contributed by atoms with Crippen molar-refractivity contribution in [3.05, 3.63) is 390 Å². The summed E-state index contributed by atoms with van der Waals surface area (Å²) in [6, 6.07) is 94.5. The van der Waals surface area contributed by atoms with Crippen LogP contribution in [-0.2, 0) is 5.41 Å². The summed E-state index contributed by atoms with van der Waals surface area (Å²) in [5.41, 5.74) is 18.2. The molecule has 0 aliphatic heterocycles. The highest BCUT2D eigenvalue weighted by Gasteiger charge is 2.45. The minimum Gasteiger partial charge on any atom is -0.263 e. The van der Waals surface area contributed by atoms with Gasteiger partial charge in [0.25, 0.3) is 0 Å². The van der Waals surface area contributed by atoms with E-state index in [1.54, 1.807) is 12.4 Å². The van der Waals surface area contributed by atoms with E-state index < -0.39 is 0 Å². The SMILES string of the molecule is C=Cc1ccc(C#Cc2ccc3ccccc3c2)cc1.C=Cc1ccc(C#Cc2cccc3ccccc23)cc1.C=Cc1ccc(C#Cc2cccnc2)cc1.C=Cc1ccc(C2(c3ccccc3)c3ccccc3-c3ccccc32)cc1. The van der Waals surface area contributed by atoms with E-state index in [4.69, 9.17) is 0 Å². The van der Waals surface area contributed by atoms with Crippen molar-refractivity contribution in [3.63, 3.8) is 0 Å². The monoisotopic (exact) mass is 1060 g/mol. The van der Waals surface area contributed by atoms with Crippen molar-refractivity contribution in [2.24, 2.45) is 0 Å². The molecule has 0 amide bonds. The fraction of sp³-hybridized carbons (Fsp3) is 0.0122. The van der Waals surface area contributed by atoms with Gasteiger partial charge in [-0.3, -0.25) is 4.98 Å². The molecule has 1 nitrogen and oxygen atoms in total. The molecule has 83 heavy (non-hydrogen) atoms. The van der Waals surface area contributed by atoms with Crippen molar-refractivity contribution in [1.29, 1.82) is 0 Å². The van der Waals surface area contributed by atoms with Crippen LogP contribution in [0.2, 0.25) is 0 Å². The van der Waals surface area contributed by atoms with Gasteiger partial charge in [-0.05, 0) is 144 Å². The van der Waals surface area contributed by atoms with Crippen molar-refractivity contribution in [3.8, 4) is 46.6 Å². The van der Waals surface area contributed by atoms with Gasteiger partial charge in [-0.2, -0.15) is 0 Å². The van der Waals surface area contributed by atoms with Gasteiger partial charge < -0.3 is 0 Å². The van der Waals surface area contributed by atoms with Crippen LogP contribution < -0.4 is 0 Å². The van der Waals surface area contributed by atoms with Crippen molar-refractivity contribution < 1.29 is 0 Å². The molecule has 392 valence electrons. The van der Waals surface area contributed by atoms with Gasteiger partial charge in [-0.25, -0.2) is 0 Å². The molecule has 0 bridgehead atoms. The number of benzene rings is 11. The van der Waals surface area contributed by atoms with Crippen molar-refractivity contribution in [2.75, 3.05) is 0 Å². The molecular formula is C82H59N. The number of pyridine rings is 1. The van der Waals surface area contributed by atoms with Gasteiger partial charge in [-0.15, -0.1) is 0 Å². The molecule has 1 heterocycles. The Morgan fingerprint density at radius 3 is 1.27 bits per heavy atom. The van der Waals surface area contributed by atoms with E-state index in [1.165, 1.54) is 54.9 Å². The molecule has 0 N–H and O–H groups in total. The third-order valence-corrected chi connectivity index (χ3v) is 14.4. The second kappa shape index (κ2) is 27.1. The third-order valence-electron chi connectivity index (χ3n) is 14.4. The summed E-state index contributed by atoms with van der Waals surface area (Å²) in [5.74, 6) is 19.0. The highest BCUT2D eigenvalue weighted by Crippen LogP contribution is 2.55. The molecule has 1 aromatic heterocycles. The molecule has 0 saturated heterocycles. The lowest BCUT2D eigenvalue weighted by atomic mass is 9.67. The molecule has 0 unspecified atom stereocenters. The molecular weight excluding hydrogens is 999 g/mol. The van der Waals surface area contributed by atoms with Gasteiger partial charge in [0, 0.05) is 45.8 Å². The van der Waals surface area contributed by atoms with E-state index in [0.717, 1.165) is 55.6 Å². The summed E-state index contributed by atoms with van der Waals surface area (Å²) in [7, 11) is 0. The van der Waals surface area contributed by atoms with E-state index in [2.05, 4.69) is 231 Å². The van der Waals surface area contributed by atoms with Crippen LogP contribution in [0.3, 0.4) is 0 Å². The first-order valence-corrected chi connectivity index (χ1v) is 27.5. The lowest BCUT2D eigenvalue weighted by Gasteiger charge is -2.33. The van der Waals surface area contributed by atoms with Crippen LogP contribution in [0.15, 0.2) is 312 Å². The van der Waals surface area contributed by atoms with Crippen molar-refractivity contribution in [1.82, 2.24) is 4.98 Å². The second-order valence-electron chi connectivity index (χ2n) is 19.6. The van der Waals surface area contributed by atoms with Gasteiger partial charge >= 0.3 is 0 Å². The average Bonchev–Trinajstić information content (AvgIpc) is 2.22. The third kappa shape index (κ3) is 13.3. The van der Waals surface area contributed by atoms with Crippen LogP contribution in [-0.4, -0.2) is 4.98 Å². The normalized spacial score (nSPS) is 10.9. The van der Waals surface area contributed by atoms with Gasteiger partial charge in [0.2, 0.25) is 0 Å². The first-order chi connectivity index (χ1) is 40.9. The van der Waals surface area contributed by atoms with Crippen LogP contribution in [0.1, 0.15) is 77.9 Å². The van der Waals surface area contributed by atoms with Crippen LogP contribution in [0.5, 0.6) is 0 Å². The maximum Gasteiger partial charge on any atom is 0.0713 e. The van der Waals surface area contributed by atoms with Crippen molar-refractivity contribution >= 4 is 45.8 Å². The Hall–Kier alpha value is -11.3. The van der Waals surface area contributed by atoms with E-state index >= 15 is 0 Å². The summed E-state index contributed by atoms with van der Waals surface area (Å²) in [4.78, 5) is 4.01. The van der Waals surface area contributed by atoms with Crippen molar-refractivity contribution in [2.45, 2.75) is 5.41 Å². The Kier molecular flexibility index (Phi) is 18.0. The first-order valence-electron chi connectivity index (χ1n) is 27.5. The standard InChI is InChI=1S/C27H20.2C20H14.C15H11N/c1-2-20-16-18-22(19-17-20)27(21-10-4-3-5-11-21)25-14-8-6-12-23(25)24-13-7-9-15-26(24)27;1-2-16-10-12-17(13-11-16)14-15-19-8-5-7-18-6-3-4-9-20(18)19;1-2-16-7-9-17(10-8-16)11-12-18-13-14-19-5-3-4-6-20(19)15-18;1-2-13-5-7-14(8-6-13)9-10-15-4-3-11-16-12-15/h2-19H,1H2;2-13H,1H2;2-10,13-15H,1H2;2-8,11-12H,1H2. The van der Waals surface area contributed by atoms with E-state index in [0.29, 0.717) is 0 Å². The number of fused-ring (bicyclic) bond motifs is 5. The second-order valence-corrected chi connectivity index (χ2v) is 19.6. The zero-order chi connectivity index (χ0) is 57.1. The number of hydrogen-bond acceptors (Lipinski definition) is 1. The maximum atomic E-state index is 4.01. The molecule has 1 aliphatic carbocycles.